The van der Waals surface area contributed by atoms with Gasteiger partial charge in [0.1, 0.15) is 0 Å². The highest BCUT2D eigenvalue weighted by molar-refractivity contribution is 5.80. The summed E-state index contributed by atoms with van der Waals surface area (Å²) < 4.78 is 0. The lowest BCUT2D eigenvalue weighted by Crippen LogP contribution is -2.41. The summed E-state index contributed by atoms with van der Waals surface area (Å²) in [5, 5.41) is 3.71. The van der Waals surface area contributed by atoms with Crippen LogP contribution in [0.25, 0.3) is 0 Å². The molecule has 0 bridgehead atoms. The summed E-state index contributed by atoms with van der Waals surface area (Å²) in [6, 6.07) is 1.69. The molecular formula is C13H22N2O. The first-order chi connectivity index (χ1) is 7.74. The van der Waals surface area contributed by atoms with Gasteiger partial charge in [-0.2, -0.15) is 0 Å². The SMILES string of the molecule is CC1CCCC1NC1CC(=O)N(C2CC2)C1. The predicted molar refractivity (Wildman–Crippen MR) is 63.1 cm³/mol. The molecule has 3 heteroatoms. The summed E-state index contributed by atoms with van der Waals surface area (Å²) >= 11 is 0. The van der Waals surface area contributed by atoms with Crippen LogP contribution in [0, 0.1) is 5.92 Å². The van der Waals surface area contributed by atoms with Crippen molar-refractivity contribution in [2.45, 2.75) is 63.6 Å². The molecule has 1 N–H and O–H groups in total. The molecule has 1 aliphatic heterocycles. The summed E-state index contributed by atoms with van der Waals surface area (Å²) in [7, 11) is 0. The van der Waals surface area contributed by atoms with Crippen LogP contribution in [0.4, 0.5) is 0 Å². The number of nitrogens with one attached hydrogen (secondary N) is 1. The van der Waals surface area contributed by atoms with Crippen molar-refractivity contribution in [1.29, 1.82) is 0 Å². The Morgan fingerprint density at radius 1 is 1.25 bits per heavy atom. The van der Waals surface area contributed by atoms with Gasteiger partial charge < -0.3 is 10.2 Å². The molecule has 1 heterocycles. The molecule has 0 radical (unpaired) electrons. The largest absolute Gasteiger partial charge is 0.338 e. The highest BCUT2D eigenvalue weighted by atomic mass is 16.2. The molecule has 1 saturated heterocycles. The van der Waals surface area contributed by atoms with Crippen molar-refractivity contribution >= 4 is 5.91 Å². The van der Waals surface area contributed by atoms with Crippen LogP contribution in [0.2, 0.25) is 0 Å². The number of likely N-dealkylation sites (tertiary alicyclic amines) is 1. The van der Waals surface area contributed by atoms with Gasteiger partial charge in [0, 0.05) is 31.1 Å². The van der Waals surface area contributed by atoms with Crippen molar-refractivity contribution in [3.05, 3.63) is 0 Å². The monoisotopic (exact) mass is 222 g/mol. The lowest BCUT2D eigenvalue weighted by molar-refractivity contribution is -0.128. The average Bonchev–Trinajstić information content (AvgIpc) is 2.92. The molecule has 16 heavy (non-hydrogen) atoms. The van der Waals surface area contributed by atoms with Gasteiger partial charge in [-0.25, -0.2) is 0 Å². The van der Waals surface area contributed by atoms with E-state index in [1.54, 1.807) is 0 Å². The van der Waals surface area contributed by atoms with Crippen molar-refractivity contribution in [1.82, 2.24) is 10.2 Å². The lowest BCUT2D eigenvalue weighted by atomic mass is 10.1. The van der Waals surface area contributed by atoms with Gasteiger partial charge >= 0.3 is 0 Å². The number of carbonyl (C=O) groups excluding carboxylic acids is 1. The van der Waals surface area contributed by atoms with Crippen LogP contribution in [-0.4, -0.2) is 35.5 Å². The summed E-state index contributed by atoms with van der Waals surface area (Å²) in [6.45, 7) is 3.30. The highest BCUT2D eigenvalue weighted by Gasteiger charge is 2.40. The molecular weight excluding hydrogens is 200 g/mol. The molecule has 0 aromatic heterocycles. The lowest BCUT2D eigenvalue weighted by Gasteiger charge is -2.22. The van der Waals surface area contributed by atoms with Gasteiger partial charge in [0.05, 0.1) is 0 Å². The first kappa shape index (κ1) is 10.6. The Hall–Kier alpha value is -0.570. The van der Waals surface area contributed by atoms with Gasteiger partial charge in [0.25, 0.3) is 0 Å². The zero-order valence-corrected chi connectivity index (χ0v) is 10.1. The van der Waals surface area contributed by atoms with Crippen molar-refractivity contribution in [3.63, 3.8) is 0 Å². The number of hydrogen-bond acceptors (Lipinski definition) is 2. The van der Waals surface area contributed by atoms with Crippen LogP contribution in [0.3, 0.4) is 0 Å². The van der Waals surface area contributed by atoms with E-state index in [1.165, 1.54) is 32.1 Å². The molecule has 0 aromatic rings. The van der Waals surface area contributed by atoms with E-state index in [1.807, 2.05) is 0 Å². The van der Waals surface area contributed by atoms with E-state index >= 15 is 0 Å². The van der Waals surface area contributed by atoms with Gasteiger partial charge in [-0.15, -0.1) is 0 Å². The summed E-state index contributed by atoms with van der Waals surface area (Å²) in [5.41, 5.74) is 0. The van der Waals surface area contributed by atoms with E-state index in [4.69, 9.17) is 0 Å². The molecule has 3 aliphatic rings. The Labute approximate surface area is 97.6 Å². The van der Waals surface area contributed by atoms with E-state index in [2.05, 4.69) is 17.1 Å². The fraction of sp³-hybridized carbons (Fsp3) is 0.923. The van der Waals surface area contributed by atoms with Crippen molar-refractivity contribution in [2.24, 2.45) is 5.92 Å². The second kappa shape index (κ2) is 4.02. The summed E-state index contributed by atoms with van der Waals surface area (Å²) in [5.74, 6) is 1.18. The Morgan fingerprint density at radius 3 is 2.69 bits per heavy atom. The Morgan fingerprint density at radius 2 is 2.06 bits per heavy atom. The second-order valence-electron chi connectivity index (χ2n) is 5.86. The Bertz CT molecular complexity index is 288. The van der Waals surface area contributed by atoms with Crippen molar-refractivity contribution < 1.29 is 4.79 Å². The fourth-order valence-corrected chi connectivity index (χ4v) is 3.28. The molecule has 90 valence electrons. The number of hydrogen-bond donors (Lipinski definition) is 1. The van der Waals surface area contributed by atoms with Crippen molar-refractivity contribution in [2.75, 3.05) is 6.54 Å². The van der Waals surface area contributed by atoms with Crippen LogP contribution >= 0.6 is 0 Å². The third kappa shape index (κ3) is 1.97. The van der Waals surface area contributed by atoms with Gasteiger partial charge in [0.15, 0.2) is 0 Å². The van der Waals surface area contributed by atoms with Gasteiger partial charge in [-0.05, 0) is 31.6 Å². The first-order valence-electron chi connectivity index (χ1n) is 6.79. The minimum atomic E-state index is 0.380. The van der Waals surface area contributed by atoms with E-state index < -0.39 is 0 Å². The zero-order valence-electron chi connectivity index (χ0n) is 10.1. The van der Waals surface area contributed by atoms with E-state index in [9.17, 15) is 4.79 Å². The number of nitrogens with zero attached hydrogens (tertiary/aromatic N) is 1. The van der Waals surface area contributed by atoms with Crippen LogP contribution in [0.1, 0.15) is 45.4 Å². The minimum Gasteiger partial charge on any atom is -0.338 e. The van der Waals surface area contributed by atoms with Crippen LogP contribution in [0.15, 0.2) is 0 Å². The van der Waals surface area contributed by atoms with Crippen molar-refractivity contribution in [3.8, 4) is 0 Å². The third-order valence-electron chi connectivity index (χ3n) is 4.46. The maximum atomic E-state index is 11.8. The Kier molecular flexibility index (Phi) is 2.66. The quantitative estimate of drug-likeness (QED) is 0.785. The summed E-state index contributed by atoms with van der Waals surface area (Å²) in [4.78, 5) is 13.9. The number of amides is 1. The molecule has 3 rings (SSSR count). The maximum absolute atomic E-state index is 11.8. The van der Waals surface area contributed by atoms with Crippen LogP contribution in [0.5, 0.6) is 0 Å². The van der Waals surface area contributed by atoms with E-state index in [0.29, 0.717) is 24.0 Å². The average molecular weight is 222 g/mol. The molecule has 0 aromatic carbocycles. The number of rotatable bonds is 3. The topological polar surface area (TPSA) is 32.3 Å². The molecule has 2 aliphatic carbocycles. The predicted octanol–water partition coefficient (Wildman–Crippen LogP) is 1.53. The van der Waals surface area contributed by atoms with Crippen LogP contribution in [-0.2, 0) is 4.79 Å². The van der Waals surface area contributed by atoms with Gasteiger partial charge in [0.2, 0.25) is 5.91 Å². The Balaban J connectivity index is 1.54. The molecule has 3 nitrogen and oxygen atoms in total. The normalized spacial score (nSPS) is 39.7. The molecule has 2 saturated carbocycles. The molecule has 1 amide bonds. The molecule has 3 fully saturated rings. The van der Waals surface area contributed by atoms with Gasteiger partial charge in [-0.3, -0.25) is 4.79 Å². The second-order valence-corrected chi connectivity index (χ2v) is 5.86. The maximum Gasteiger partial charge on any atom is 0.224 e. The van der Waals surface area contributed by atoms with E-state index in [-0.39, 0.29) is 0 Å². The van der Waals surface area contributed by atoms with Crippen LogP contribution < -0.4 is 5.32 Å². The van der Waals surface area contributed by atoms with E-state index in [0.717, 1.165) is 18.9 Å². The molecule has 0 spiro atoms. The summed E-state index contributed by atoms with van der Waals surface area (Å²) in [6.07, 6.45) is 7.21. The highest BCUT2D eigenvalue weighted by Crippen LogP contribution is 2.32. The fourth-order valence-electron chi connectivity index (χ4n) is 3.28. The minimum absolute atomic E-state index is 0.380. The number of carbonyl (C=O) groups is 1. The molecule has 3 atom stereocenters. The zero-order chi connectivity index (χ0) is 11.1. The first-order valence-corrected chi connectivity index (χ1v) is 6.79. The standard InChI is InChI=1S/C13H22N2O/c1-9-3-2-4-12(9)14-10-7-13(16)15(8-10)11-5-6-11/h9-12,14H,2-8H2,1H3. The molecule has 3 unspecified atom stereocenters. The smallest absolute Gasteiger partial charge is 0.224 e. The van der Waals surface area contributed by atoms with Gasteiger partial charge in [-0.1, -0.05) is 13.3 Å². The third-order valence-corrected chi connectivity index (χ3v) is 4.46.